The molecule has 3 nitrogen and oxygen atoms in total. The first-order chi connectivity index (χ1) is 6.22. The summed E-state index contributed by atoms with van der Waals surface area (Å²) in [5, 5.41) is 0. The molecule has 1 aromatic rings. The maximum Gasteiger partial charge on any atom is 0.231 e. The molecule has 1 heterocycles. The second-order valence-corrected chi connectivity index (χ2v) is 3.05. The Morgan fingerprint density at radius 2 is 2.31 bits per heavy atom. The van der Waals surface area contributed by atoms with Gasteiger partial charge in [0.05, 0.1) is 13.0 Å². The number of anilines is 1. The zero-order valence-electron chi connectivity index (χ0n) is 7.24. The van der Waals surface area contributed by atoms with Gasteiger partial charge in [0.15, 0.2) is 5.69 Å². The zero-order valence-corrected chi connectivity index (χ0v) is 7.24. The van der Waals surface area contributed by atoms with Gasteiger partial charge in [-0.25, -0.2) is 4.85 Å². The van der Waals surface area contributed by atoms with E-state index in [9.17, 15) is 4.79 Å². The minimum Gasteiger partial charge on any atom is -0.316 e. The quantitative estimate of drug-likeness (QED) is 0.547. The molecule has 0 fully saturated rings. The van der Waals surface area contributed by atoms with Gasteiger partial charge in [0.2, 0.25) is 5.91 Å². The van der Waals surface area contributed by atoms with Gasteiger partial charge in [-0.1, -0.05) is 12.1 Å². The highest BCUT2D eigenvalue weighted by Gasteiger charge is 2.23. The van der Waals surface area contributed by atoms with E-state index in [0.717, 1.165) is 11.3 Å². The fraction of sp³-hybridized carbons (Fsp3) is 0.200. The first-order valence-corrected chi connectivity index (χ1v) is 3.99. The summed E-state index contributed by atoms with van der Waals surface area (Å²) < 4.78 is 0. The molecule has 13 heavy (non-hydrogen) atoms. The monoisotopic (exact) mass is 172 g/mol. The highest BCUT2D eigenvalue weighted by atomic mass is 16.2. The van der Waals surface area contributed by atoms with E-state index in [1.54, 1.807) is 24.1 Å². The SMILES string of the molecule is [C-]#[N+]c1ccc2c(c1)N(C)C(=O)C2. The molecule has 0 aliphatic carbocycles. The summed E-state index contributed by atoms with van der Waals surface area (Å²) in [4.78, 5) is 16.2. The Morgan fingerprint density at radius 3 is 3.00 bits per heavy atom. The van der Waals surface area contributed by atoms with Crippen molar-refractivity contribution in [3.8, 4) is 0 Å². The van der Waals surface area contributed by atoms with Gasteiger partial charge in [0.25, 0.3) is 0 Å². The van der Waals surface area contributed by atoms with Crippen molar-refractivity contribution >= 4 is 17.3 Å². The predicted octanol–water partition coefficient (Wildman–Crippen LogP) is 1.76. The molecule has 1 aliphatic rings. The van der Waals surface area contributed by atoms with Crippen LogP contribution in [0.1, 0.15) is 5.56 Å². The summed E-state index contributed by atoms with van der Waals surface area (Å²) >= 11 is 0. The van der Waals surface area contributed by atoms with Gasteiger partial charge in [-0.15, -0.1) is 0 Å². The highest BCUT2D eigenvalue weighted by molar-refractivity contribution is 6.01. The normalized spacial score (nSPS) is 14.2. The molecule has 1 aromatic carbocycles. The van der Waals surface area contributed by atoms with Crippen LogP contribution in [0, 0.1) is 6.57 Å². The van der Waals surface area contributed by atoms with Crippen LogP contribution >= 0.6 is 0 Å². The number of likely N-dealkylation sites (N-methyl/N-ethyl adjacent to an activating group) is 1. The lowest BCUT2D eigenvalue weighted by Gasteiger charge is -2.09. The van der Waals surface area contributed by atoms with E-state index in [0.29, 0.717) is 12.1 Å². The minimum atomic E-state index is 0.0946. The summed E-state index contributed by atoms with van der Waals surface area (Å²) in [7, 11) is 1.74. The molecule has 1 aliphatic heterocycles. The molecule has 1 amide bonds. The van der Waals surface area contributed by atoms with E-state index in [4.69, 9.17) is 6.57 Å². The van der Waals surface area contributed by atoms with E-state index < -0.39 is 0 Å². The third kappa shape index (κ3) is 1.07. The van der Waals surface area contributed by atoms with E-state index >= 15 is 0 Å². The molecule has 0 bridgehead atoms. The van der Waals surface area contributed by atoms with Crippen LogP contribution < -0.4 is 4.90 Å². The largest absolute Gasteiger partial charge is 0.316 e. The maximum absolute atomic E-state index is 11.3. The summed E-state index contributed by atoms with van der Waals surface area (Å²) in [6.07, 6.45) is 0.462. The number of nitrogens with zero attached hydrogens (tertiary/aromatic N) is 2. The summed E-state index contributed by atoms with van der Waals surface area (Å²) in [6.45, 7) is 6.84. The number of fused-ring (bicyclic) bond motifs is 1. The molecule has 0 radical (unpaired) electrons. The Bertz CT molecular complexity index is 417. The van der Waals surface area contributed by atoms with Gasteiger partial charge < -0.3 is 4.90 Å². The number of hydrogen-bond acceptors (Lipinski definition) is 1. The summed E-state index contributed by atoms with van der Waals surface area (Å²) in [5.74, 6) is 0.0946. The van der Waals surface area contributed by atoms with Crippen LogP contribution in [-0.4, -0.2) is 13.0 Å². The van der Waals surface area contributed by atoms with Crippen LogP contribution in [0.25, 0.3) is 4.85 Å². The molecule has 0 unspecified atom stereocenters. The number of rotatable bonds is 0. The van der Waals surface area contributed by atoms with Crippen molar-refractivity contribution in [1.29, 1.82) is 0 Å². The van der Waals surface area contributed by atoms with Crippen LogP contribution in [0.5, 0.6) is 0 Å². The van der Waals surface area contributed by atoms with Crippen LogP contribution in [-0.2, 0) is 11.2 Å². The standard InChI is InChI=1S/C10H8N2O/c1-11-8-4-3-7-5-10(13)12(2)9(7)6-8/h3-4,6H,5H2,2H3. The van der Waals surface area contributed by atoms with Gasteiger partial charge >= 0.3 is 0 Å². The topological polar surface area (TPSA) is 24.7 Å². The first-order valence-electron chi connectivity index (χ1n) is 3.99. The van der Waals surface area contributed by atoms with Gasteiger partial charge in [0, 0.05) is 12.7 Å². The van der Waals surface area contributed by atoms with Crippen molar-refractivity contribution in [3.05, 3.63) is 35.2 Å². The maximum atomic E-state index is 11.3. The van der Waals surface area contributed by atoms with Crippen LogP contribution in [0.15, 0.2) is 18.2 Å². The Balaban J connectivity index is 2.55. The van der Waals surface area contributed by atoms with Gasteiger partial charge in [-0.3, -0.25) is 4.79 Å². The second kappa shape index (κ2) is 2.60. The summed E-state index contributed by atoms with van der Waals surface area (Å²) in [5.41, 5.74) is 2.47. The molecule has 0 atom stereocenters. The van der Waals surface area contributed by atoms with Gasteiger partial charge in [-0.05, 0) is 11.6 Å². The third-order valence-corrected chi connectivity index (χ3v) is 2.28. The Morgan fingerprint density at radius 1 is 1.54 bits per heavy atom. The fourth-order valence-corrected chi connectivity index (χ4v) is 1.50. The second-order valence-electron chi connectivity index (χ2n) is 3.05. The van der Waals surface area contributed by atoms with Crippen molar-refractivity contribution in [1.82, 2.24) is 0 Å². The molecule has 64 valence electrons. The Hall–Kier alpha value is -1.82. The van der Waals surface area contributed by atoms with Gasteiger partial charge in [0.1, 0.15) is 0 Å². The van der Waals surface area contributed by atoms with E-state index in [2.05, 4.69) is 4.85 Å². The lowest BCUT2D eigenvalue weighted by atomic mass is 10.1. The van der Waals surface area contributed by atoms with Crippen molar-refractivity contribution in [2.45, 2.75) is 6.42 Å². The van der Waals surface area contributed by atoms with Crippen LogP contribution in [0.4, 0.5) is 11.4 Å². The van der Waals surface area contributed by atoms with Crippen molar-refractivity contribution in [2.24, 2.45) is 0 Å². The predicted molar refractivity (Wildman–Crippen MR) is 49.8 cm³/mol. The lowest BCUT2D eigenvalue weighted by molar-refractivity contribution is -0.117. The molecule has 0 saturated heterocycles. The molecular weight excluding hydrogens is 164 g/mol. The van der Waals surface area contributed by atoms with E-state index in [1.807, 2.05) is 6.07 Å². The molecular formula is C10H8N2O. The Kier molecular flexibility index (Phi) is 1.56. The van der Waals surface area contributed by atoms with Crippen LogP contribution in [0.2, 0.25) is 0 Å². The first kappa shape index (κ1) is 7.81. The number of amides is 1. The molecule has 2 rings (SSSR count). The minimum absolute atomic E-state index is 0.0946. The van der Waals surface area contributed by atoms with E-state index in [-0.39, 0.29) is 5.91 Å². The number of benzene rings is 1. The lowest BCUT2D eigenvalue weighted by Crippen LogP contribution is -2.20. The molecule has 0 aromatic heterocycles. The van der Waals surface area contributed by atoms with Crippen molar-refractivity contribution in [2.75, 3.05) is 11.9 Å². The van der Waals surface area contributed by atoms with Crippen molar-refractivity contribution < 1.29 is 4.79 Å². The zero-order chi connectivity index (χ0) is 9.42. The number of hydrogen-bond donors (Lipinski definition) is 0. The summed E-state index contributed by atoms with van der Waals surface area (Å²) in [6, 6.07) is 5.36. The molecule has 0 N–H and O–H groups in total. The smallest absolute Gasteiger partial charge is 0.231 e. The average molecular weight is 172 g/mol. The van der Waals surface area contributed by atoms with E-state index in [1.165, 1.54) is 0 Å². The molecule has 0 spiro atoms. The highest BCUT2D eigenvalue weighted by Crippen LogP contribution is 2.31. The molecule has 0 saturated carbocycles. The third-order valence-electron chi connectivity index (χ3n) is 2.28. The number of carbonyl (C=O) groups is 1. The van der Waals surface area contributed by atoms with Gasteiger partial charge in [-0.2, -0.15) is 0 Å². The average Bonchev–Trinajstić information content (AvgIpc) is 2.43. The van der Waals surface area contributed by atoms with Crippen LogP contribution in [0.3, 0.4) is 0 Å². The molecule has 3 heteroatoms. The van der Waals surface area contributed by atoms with Crippen molar-refractivity contribution in [3.63, 3.8) is 0 Å². The fourth-order valence-electron chi connectivity index (χ4n) is 1.50. The Labute approximate surface area is 76.4 Å². The number of carbonyl (C=O) groups excluding carboxylic acids is 1.